The molecular formula is C21H14ClN3O5. The maximum Gasteiger partial charge on any atom is 0.312 e. The minimum absolute atomic E-state index is 0.0222. The molecule has 1 heterocycles. The van der Waals surface area contributed by atoms with Crippen LogP contribution in [0, 0.1) is 21.4 Å². The van der Waals surface area contributed by atoms with E-state index in [4.69, 9.17) is 20.8 Å². The summed E-state index contributed by atoms with van der Waals surface area (Å²) in [7, 11) is 0. The number of nitro groups is 1. The second-order valence-corrected chi connectivity index (χ2v) is 6.36. The Hall–Kier alpha value is -4.09. The molecule has 0 radical (unpaired) electrons. The Morgan fingerprint density at radius 2 is 2.03 bits per heavy atom. The molecule has 0 aliphatic carbocycles. The van der Waals surface area contributed by atoms with Crippen molar-refractivity contribution in [2.24, 2.45) is 0 Å². The first-order valence-electron chi connectivity index (χ1n) is 8.61. The van der Waals surface area contributed by atoms with E-state index < -0.39 is 10.8 Å². The quantitative estimate of drug-likeness (QED) is 0.251. The van der Waals surface area contributed by atoms with Crippen LogP contribution >= 0.6 is 11.6 Å². The Morgan fingerprint density at radius 1 is 1.23 bits per heavy atom. The van der Waals surface area contributed by atoms with Crippen LogP contribution in [0.4, 0.5) is 5.69 Å². The highest BCUT2D eigenvalue weighted by atomic mass is 35.5. The van der Waals surface area contributed by atoms with Gasteiger partial charge >= 0.3 is 5.69 Å². The van der Waals surface area contributed by atoms with Crippen molar-refractivity contribution in [2.45, 2.75) is 6.54 Å². The summed E-state index contributed by atoms with van der Waals surface area (Å²) in [6, 6.07) is 15.8. The fourth-order valence-corrected chi connectivity index (χ4v) is 2.66. The first-order chi connectivity index (χ1) is 14.5. The molecule has 9 heteroatoms. The molecule has 3 aromatic rings. The minimum atomic E-state index is -0.632. The number of nitro benzene ring substituents is 1. The van der Waals surface area contributed by atoms with E-state index in [1.54, 1.807) is 42.5 Å². The van der Waals surface area contributed by atoms with Crippen LogP contribution in [0.25, 0.3) is 6.08 Å². The van der Waals surface area contributed by atoms with Gasteiger partial charge in [0.2, 0.25) is 5.75 Å². The van der Waals surface area contributed by atoms with E-state index in [9.17, 15) is 20.2 Å². The summed E-state index contributed by atoms with van der Waals surface area (Å²) in [6.07, 6.45) is 2.72. The molecule has 0 aliphatic rings. The Labute approximate surface area is 176 Å². The molecule has 0 fully saturated rings. The summed E-state index contributed by atoms with van der Waals surface area (Å²) < 4.78 is 10.7. The summed E-state index contributed by atoms with van der Waals surface area (Å²) >= 11 is 6.03. The molecular weight excluding hydrogens is 410 g/mol. The number of carbonyl (C=O) groups excluding carboxylic acids is 1. The molecule has 0 aliphatic heterocycles. The molecule has 2 aromatic carbocycles. The van der Waals surface area contributed by atoms with Crippen LogP contribution in [0.5, 0.6) is 11.5 Å². The lowest BCUT2D eigenvalue weighted by atomic mass is 10.1. The monoisotopic (exact) mass is 423 g/mol. The number of furan rings is 1. The van der Waals surface area contributed by atoms with Gasteiger partial charge in [0.15, 0.2) is 0 Å². The second-order valence-electron chi connectivity index (χ2n) is 5.95. The van der Waals surface area contributed by atoms with Gasteiger partial charge in [-0.05, 0) is 42.0 Å². The van der Waals surface area contributed by atoms with E-state index in [0.29, 0.717) is 10.8 Å². The van der Waals surface area contributed by atoms with Gasteiger partial charge < -0.3 is 14.5 Å². The highest BCUT2D eigenvalue weighted by Gasteiger charge is 2.18. The van der Waals surface area contributed by atoms with Crippen LogP contribution in [0.3, 0.4) is 0 Å². The van der Waals surface area contributed by atoms with Crippen molar-refractivity contribution >= 4 is 29.3 Å². The summed E-state index contributed by atoms with van der Waals surface area (Å²) in [5.41, 5.74) is -0.259. The third kappa shape index (κ3) is 5.04. The molecule has 30 heavy (non-hydrogen) atoms. The molecule has 0 bridgehead atoms. The number of nitrogens with zero attached hydrogens (tertiary/aromatic N) is 2. The molecule has 150 valence electrons. The Kier molecular flexibility index (Phi) is 6.47. The van der Waals surface area contributed by atoms with Gasteiger partial charge in [-0.2, -0.15) is 5.26 Å². The zero-order chi connectivity index (χ0) is 21.5. The van der Waals surface area contributed by atoms with Gasteiger partial charge in [-0.15, -0.1) is 0 Å². The molecule has 1 amide bonds. The molecule has 3 rings (SSSR count). The molecule has 0 saturated heterocycles. The van der Waals surface area contributed by atoms with Gasteiger partial charge in [-0.25, -0.2) is 0 Å². The molecule has 1 aromatic heterocycles. The SMILES string of the molecule is N#C/C(=C\c1ccc(Oc2ccccc2Cl)c([N+](=O)[O-])c1)C(=O)NCc1ccco1. The van der Waals surface area contributed by atoms with Crippen molar-refractivity contribution < 1.29 is 18.9 Å². The van der Waals surface area contributed by atoms with E-state index in [1.165, 1.54) is 30.5 Å². The molecule has 0 saturated carbocycles. The maximum atomic E-state index is 12.2. The smallest absolute Gasteiger partial charge is 0.312 e. The van der Waals surface area contributed by atoms with Crippen LogP contribution < -0.4 is 10.1 Å². The molecule has 8 nitrogen and oxygen atoms in total. The number of hydrogen-bond acceptors (Lipinski definition) is 6. The highest BCUT2D eigenvalue weighted by molar-refractivity contribution is 6.32. The third-order valence-electron chi connectivity index (χ3n) is 3.92. The van der Waals surface area contributed by atoms with E-state index in [-0.39, 0.29) is 34.9 Å². The predicted octanol–water partition coefficient (Wildman–Crippen LogP) is 4.86. The second kappa shape index (κ2) is 9.41. The first kappa shape index (κ1) is 20.6. The number of amides is 1. The topological polar surface area (TPSA) is 118 Å². The van der Waals surface area contributed by atoms with E-state index in [1.807, 2.05) is 0 Å². The highest BCUT2D eigenvalue weighted by Crippen LogP contribution is 2.35. The van der Waals surface area contributed by atoms with Gasteiger partial charge in [-0.3, -0.25) is 14.9 Å². The van der Waals surface area contributed by atoms with Crippen LogP contribution in [0.1, 0.15) is 11.3 Å². The average Bonchev–Trinajstić information content (AvgIpc) is 3.26. The number of halogens is 1. The summed E-state index contributed by atoms with van der Waals surface area (Å²) in [5, 5.41) is 23.6. The number of nitrogens with one attached hydrogen (secondary N) is 1. The fourth-order valence-electron chi connectivity index (χ4n) is 2.49. The number of hydrogen-bond donors (Lipinski definition) is 1. The zero-order valence-electron chi connectivity index (χ0n) is 15.4. The number of nitriles is 1. The Bertz CT molecular complexity index is 1150. The number of benzene rings is 2. The van der Waals surface area contributed by atoms with Gasteiger partial charge in [-0.1, -0.05) is 29.8 Å². The largest absolute Gasteiger partial charge is 0.467 e. The minimum Gasteiger partial charge on any atom is -0.467 e. The first-order valence-corrected chi connectivity index (χ1v) is 8.99. The third-order valence-corrected chi connectivity index (χ3v) is 4.23. The fraction of sp³-hybridized carbons (Fsp3) is 0.0476. The number of rotatable bonds is 7. The van der Waals surface area contributed by atoms with Crippen molar-refractivity contribution in [3.63, 3.8) is 0 Å². The Balaban J connectivity index is 1.83. The standard InChI is InChI=1S/C21H14ClN3O5/c22-17-5-1-2-6-19(17)30-20-8-7-14(11-18(20)25(27)28)10-15(12-23)21(26)24-13-16-4-3-9-29-16/h1-11H,13H2,(H,24,26)/b15-10+. The Morgan fingerprint density at radius 3 is 2.70 bits per heavy atom. The predicted molar refractivity (Wildman–Crippen MR) is 109 cm³/mol. The average molecular weight is 424 g/mol. The number of carbonyl (C=O) groups is 1. The normalized spacial score (nSPS) is 10.9. The van der Waals surface area contributed by atoms with Crippen molar-refractivity contribution in [1.82, 2.24) is 5.32 Å². The molecule has 0 spiro atoms. The van der Waals surface area contributed by atoms with Crippen LogP contribution in [0.15, 0.2) is 70.9 Å². The van der Waals surface area contributed by atoms with Crippen molar-refractivity contribution in [3.05, 3.63) is 92.9 Å². The van der Waals surface area contributed by atoms with Gasteiger partial charge in [0, 0.05) is 6.07 Å². The summed E-state index contributed by atoms with van der Waals surface area (Å²) in [4.78, 5) is 23.1. The lowest BCUT2D eigenvalue weighted by Crippen LogP contribution is -2.23. The van der Waals surface area contributed by atoms with Crippen molar-refractivity contribution in [2.75, 3.05) is 0 Å². The van der Waals surface area contributed by atoms with E-state index in [0.717, 1.165) is 0 Å². The molecule has 1 N–H and O–H groups in total. The van der Waals surface area contributed by atoms with Gasteiger partial charge in [0.05, 0.1) is 22.8 Å². The van der Waals surface area contributed by atoms with Crippen LogP contribution in [-0.4, -0.2) is 10.8 Å². The van der Waals surface area contributed by atoms with Crippen LogP contribution in [0.2, 0.25) is 5.02 Å². The van der Waals surface area contributed by atoms with Gasteiger partial charge in [0.25, 0.3) is 5.91 Å². The summed E-state index contributed by atoms with van der Waals surface area (Å²) in [5.74, 6) is 0.136. The van der Waals surface area contributed by atoms with E-state index >= 15 is 0 Å². The number of ether oxygens (including phenoxy) is 1. The lowest BCUT2D eigenvalue weighted by molar-refractivity contribution is -0.385. The molecule has 0 atom stereocenters. The van der Waals surface area contributed by atoms with E-state index in [2.05, 4.69) is 5.32 Å². The van der Waals surface area contributed by atoms with Crippen LogP contribution in [-0.2, 0) is 11.3 Å². The van der Waals surface area contributed by atoms with Gasteiger partial charge in [0.1, 0.15) is 23.2 Å². The summed E-state index contributed by atoms with van der Waals surface area (Å²) in [6.45, 7) is 0.107. The lowest BCUT2D eigenvalue weighted by Gasteiger charge is -2.08. The number of para-hydroxylation sites is 1. The maximum absolute atomic E-state index is 12.2. The van der Waals surface area contributed by atoms with Crippen molar-refractivity contribution in [1.29, 1.82) is 5.26 Å². The zero-order valence-corrected chi connectivity index (χ0v) is 16.1. The van der Waals surface area contributed by atoms with Crippen molar-refractivity contribution in [3.8, 4) is 17.6 Å². The molecule has 0 unspecified atom stereocenters.